The number of rotatable bonds is 17. The molecule has 0 N–H and O–H groups in total. The standard InChI is InChI=1S/C24H42N4O/c1-4-6-8-10-12-14-18-27(19-15-13-11-9-7-5-2)21-28-24-17-16-22(29-3)20-23(24)25-26-28/h16-17,20H,4-15,18-19,21H2,1-3H3. The van der Waals surface area contributed by atoms with Crippen LogP contribution in [-0.4, -0.2) is 40.1 Å². The Hall–Kier alpha value is -1.62. The molecular weight excluding hydrogens is 360 g/mol. The summed E-state index contributed by atoms with van der Waals surface area (Å²) >= 11 is 0. The zero-order valence-electron chi connectivity index (χ0n) is 19.0. The number of aromatic nitrogens is 3. The zero-order valence-corrected chi connectivity index (χ0v) is 19.0. The number of nitrogens with zero attached hydrogens (tertiary/aromatic N) is 4. The van der Waals surface area contributed by atoms with Gasteiger partial charge < -0.3 is 4.74 Å². The maximum Gasteiger partial charge on any atom is 0.121 e. The molecule has 5 nitrogen and oxygen atoms in total. The Morgan fingerprint density at radius 2 is 1.41 bits per heavy atom. The van der Waals surface area contributed by atoms with Crippen LogP contribution in [0.2, 0.25) is 0 Å². The fourth-order valence-electron chi connectivity index (χ4n) is 3.86. The lowest BCUT2D eigenvalue weighted by molar-refractivity contribution is 0.199. The van der Waals surface area contributed by atoms with Gasteiger partial charge in [0.25, 0.3) is 0 Å². The van der Waals surface area contributed by atoms with Gasteiger partial charge in [0.05, 0.1) is 19.3 Å². The molecule has 1 aromatic carbocycles. The van der Waals surface area contributed by atoms with Crippen molar-refractivity contribution >= 4 is 11.0 Å². The topological polar surface area (TPSA) is 43.2 Å². The minimum atomic E-state index is 0.826. The van der Waals surface area contributed by atoms with E-state index in [0.717, 1.165) is 36.5 Å². The lowest BCUT2D eigenvalue weighted by Crippen LogP contribution is -2.29. The highest BCUT2D eigenvalue weighted by Gasteiger charge is 2.11. The highest BCUT2D eigenvalue weighted by molar-refractivity contribution is 5.75. The van der Waals surface area contributed by atoms with Gasteiger partial charge in [-0.05, 0) is 38.1 Å². The third-order valence-electron chi connectivity index (χ3n) is 5.71. The van der Waals surface area contributed by atoms with Crippen molar-refractivity contribution in [2.75, 3.05) is 20.2 Å². The molecule has 1 aromatic heterocycles. The van der Waals surface area contributed by atoms with Crippen LogP contribution in [0, 0.1) is 0 Å². The van der Waals surface area contributed by atoms with Gasteiger partial charge in [0, 0.05) is 6.07 Å². The van der Waals surface area contributed by atoms with Gasteiger partial charge in [0.2, 0.25) is 0 Å². The average Bonchev–Trinajstić information content (AvgIpc) is 3.14. The Labute approximate surface area is 177 Å². The quantitative estimate of drug-likeness (QED) is 0.286. The third kappa shape index (κ3) is 8.73. The highest BCUT2D eigenvalue weighted by atomic mass is 16.5. The number of hydrogen-bond donors (Lipinski definition) is 0. The molecular formula is C24H42N4O. The lowest BCUT2D eigenvalue weighted by atomic mass is 10.1. The van der Waals surface area contributed by atoms with Gasteiger partial charge in [-0.3, -0.25) is 4.90 Å². The molecule has 0 saturated carbocycles. The fraction of sp³-hybridized carbons (Fsp3) is 0.750. The van der Waals surface area contributed by atoms with E-state index in [1.165, 1.54) is 77.0 Å². The lowest BCUT2D eigenvalue weighted by Gasteiger charge is -2.22. The second kappa shape index (κ2) is 14.4. The minimum Gasteiger partial charge on any atom is -0.497 e. The first-order valence-corrected chi connectivity index (χ1v) is 11.9. The Kier molecular flexibility index (Phi) is 11.7. The first-order valence-electron chi connectivity index (χ1n) is 11.9. The molecule has 29 heavy (non-hydrogen) atoms. The number of methoxy groups -OCH3 is 1. The SMILES string of the molecule is CCCCCCCCN(CCCCCCCC)Cn1nnc2cc(OC)ccc21. The van der Waals surface area contributed by atoms with Crippen LogP contribution in [0.3, 0.4) is 0 Å². The van der Waals surface area contributed by atoms with Crippen LogP contribution in [-0.2, 0) is 6.67 Å². The first kappa shape index (κ1) is 23.7. The van der Waals surface area contributed by atoms with Crippen molar-refractivity contribution in [3.05, 3.63) is 18.2 Å². The van der Waals surface area contributed by atoms with Crippen LogP contribution < -0.4 is 4.74 Å². The first-order chi connectivity index (χ1) is 14.3. The van der Waals surface area contributed by atoms with Crippen molar-refractivity contribution in [3.8, 4) is 5.75 Å². The summed E-state index contributed by atoms with van der Waals surface area (Å²) in [5.74, 6) is 0.834. The second-order valence-corrected chi connectivity index (χ2v) is 8.24. The molecule has 0 unspecified atom stereocenters. The minimum absolute atomic E-state index is 0.826. The molecule has 0 aliphatic rings. The summed E-state index contributed by atoms with van der Waals surface area (Å²) in [5, 5.41) is 8.76. The van der Waals surface area contributed by atoms with Crippen molar-refractivity contribution in [1.82, 2.24) is 19.9 Å². The summed E-state index contributed by atoms with van der Waals surface area (Å²) in [6.07, 6.45) is 16.1. The molecule has 0 saturated heterocycles. The summed E-state index contributed by atoms with van der Waals surface area (Å²) in [7, 11) is 1.69. The van der Waals surface area contributed by atoms with Crippen molar-refractivity contribution in [2.24, 2.45) is 0 Å². The molecule has 164 valence electrons. The fourth-order valence-corrected chi connectivity index (χ4v) is 3.86. The molecule has 2 rings (SSSR count). The van der Waals surface area contributed by atoms with E-state index in [4.69, 9.17) is 4.74 Å². The van der Waals surface area contributed by atoms with E-state index in [0.29, 0.717) is 0 Å². The second-order valence-electron chi connectivity index (χ2n) is 8.24. The monoisotopic (exact) mass is 402 g/mol. The summed E-state index contributed by atoms with van der Waals surface area (Å²) in [5.41, 5.74) is 1.99. The molecule has 0 radical (unpaired) electrons. The van der Waals surface area contributed by atoms with E-state index >= 15 is 0 Å². The van der Waals surface area contributed by atoms with Crippen LogP contribution in [0.5, 0.6) is 5.75 Å². The highest BCUT2D eigenvalue weighted by Crippen LogP contribution is 2.19. The van der Waals surface area contributed by atoms with Crippen LogP contribution in [0.25, 0.3) is 11.0 Å². The van der Waals surface area contributed by atoms with Gasteiger partial charge in [-0.2, -0.15) is 0 Å². The zero-order chi connectivity index (χ0) is 20.7. The van der Waals surface area contributed by atoms with Crippen LogP contribution in [0.1, 0.15) is 90.9 Å². The normalized spacial score (nSPS) is 11.6. The van der Waals surface area contributed by atoms with E-state index in [1.54, 1.807) is 7.11 Å². The van der Waals surface area contributed by atoms with Crippen molar-refractivity contribution in [3.63, 3.8) is 0 Å². The van der Waals surface area contributed by atoms with Crippen molar-refractivity contribution < 1.29 is 4.74 Å². The van der Waals surface area contributed by atoms with Crippen molar-refractivity contribution in [1.29, 1.82) is 0 Å². The van der Waals surface area contributed by atoms with E-state index in [2.05, 4.69) is 35.1 Å². The molecule has 0 fully saturated rings. The van der Waals surface area contributed by atoms with Gasteiger partial charge in [-0.15, -0.1) is 5.10 Å². The largest absolute Gasteiger partial charge is 0.497 e. The average molecular weight is 403 g/mol. The number of unbranched alkanes of at least 4 members (excludes halogenated alkanes) is 10. The van der Waals surface area contributed by atoms with Gasteiger partial charge in [-0.25, -0.2) is 4.68 Å². The maximum absolute atomic E-state index is 5.31. The third-order valence-corrected chi connectivity index (χ3v) is 5.71. The van der Waals surface area contributed by atoms with Gasteiger partial charge in [-0.1, -0.05) is 83.3 Å². The van der Waals surface area contributed by atoms with Crippen LogP contribution in [0.4, 0.5) is 0 Å². The molecule has 0 amide bonds. The van der Waals surface area contributed by atoms with E-state index < -0.39 is 0 Å². The Morgan fingerprint density at radius 1 is 0.828 bits per heavy atom. The summed E-state index contributed by atoms with van der Waals surface area (Å²) in [6.45, 7) is 7.68. The van der Waals surface area contributed by atoms with E-state index in [1.807, 2.05) is 16.8 Å². The Bertz CT molecular complexity index is 654. The summed E-state index contributed by atoms with van der Waals surface area (Å²) in [4.78, 5) is 2.57. The van der Waals surface area contributed by atoms with Crippen molar-refractivity contribution in [2.45, 2.75) is 97.6 Å². The van der Waals surface area contributed by atoms with E-state index in [9.17, 15) is 0 Å². The molecule has 0 bridgehead atoms. The molecule has 2 aromatic rings. The predicted octanol–water partition coefficient (Wildman–Crippen LogP) is 6.42. The number of benzene rings is 1. The molecule has 0 aliphatic heterocycles. The number of hydrogen-bond acceptors (Lipinski definition) is 4. The van der Waals surface area contributed by atoms with Gasteiger partial charge in [0.15, 0.2) is 0 Å². The van der Waals surface area contributed by atoms with Crippen LogP contribution >= 0.6 is 0 Å². The van der Waals surface area contributed by atoms with Gasteiger partial charge >= 0.3 is 0 Å². The smallest absolute Gasteiger partial charge is 0.121 e. The number of ether oxygens (including phenoxy) is 1. The summed E-state index contributed by atoms with van der Waals surface area (Å²) < 4.78 is 7.36. The molecule has 5 heteroatoms. The Balaban J connectivity index is 1.87. The molecule has 1 heterocycles. The van der Waals surface area contributed by atoms with E-state index in [-0.39, 0.29) is 0 Å². The molecule has 0 aliphatic carbocycles. The maximum atomic E-state index is 5.31. The van der Waals surface area contributed by atoms with Gasteiger partial charge in [0.1, 0.15) is 11.3 Å². The molecule has 0 spiro atoms. The predicted molar refractivity (Wildman–Crippen MR) is 122 cm³/mol. The van der Waals surface area contributed by atoms with Crippen LogP contribution in [0.15, 0.2) is 18.2 Å². The Morgan fingerprint density at radius 3 is 2.00 bits per heavy atom. The number of fused-ring (bicyclic) bond motifs is 1. The summed E-state index contributed by atoms with van der Waals surface area (Å²) in [6, 6.07) is 6.03. The molecule has 0 atom stereocenters.